The Morgan fingerprint density at radius 3 is 2.43 bits per heavy atom. The first kappa shape index (κ1) is 13.6. The summed E-state index contributed by atoms with van der Waals surface area (Å²) in [5.41, 5.74) is 3.13. The van der Waals surface area contributed by atoms with E-state index in [1.54, 1.807) is 0 Å². The van der Waals surface area contributed by atoms with Crippen molar-refractivity contribution in [2.45, 2.75) is 26.3 Å². The summed E-state index contributed by atoms with van der Waals surface area (Å²) < 4.78 is 2.16. The average Bonchev–Trinajstić information content (AvgIpc) is 2.93. The molecule has 0 amide bonds. The number of Topliss-reactive ketones (excluding diaryl/α,β-unsaturated/α-hetero) is 1. The van der Waals surface area contributed by atoms with Crippen molar-refractivity contribution in [2.75, 3.05) is 0 Å². The number of hydrogen-bond donors (Lipinski definition) is 0. The van der Waals surface area contributed by atoms with E-state index in [1.165, 1.54) is 5.56 Å². The van der Waals surface area contributed by atoms with Crippen molar-refractivity contribution in [1.29, 1.82) is 0 Å². The number of carbonyl (C=O) groups excluding carboxylic acids is 1. The van der Waals surface area contributed by atoms with Crippen LogP contribution in [-0.4, -0.2) is 10.4 Å². The van der Waals surface area contributed by atoms with Gasteiger partial charge in [-0.15, -0.1) is 0 Å². The molecule has 1 aromatic heterocycles. The molecule has 0 aliphatic heterocycles. The van der Waals surface area contributed by atoms with Gasteiger partial charge in [0, 0.05) is 17.3 Å². The van der Waals surface area contributed by atoms with Gasteiger partial charge in [-0.1, -0.05) is 55.5 Å². The minimum Gasteiger partial charge on any atom is -0.331 e. The molecule has 0 N–H and O–H groups in total. The lowest BCUT2D eigenvalue weighted by atomic mass is 10.1. The van der Waals surface area contributed by atoms with Crippen molar-refractivity contribution in [3.05, 3.63) is 71.9 Å². The second kappa shape index (κ2) is 5.57. The lowest BCUT2D eigenvalue weighted by molar-refractivity contribution is 0.0979. The lowest BCUT2D eigenvalue weighted by Gasteiger charge is -2.18. The van der Waals surface area contributed by atoms with Crippen molar-refractivity contribution in [3.63, 3.8) is 0 Å². The van der Waals surface area contributed by atoms with Crippen LogP contribution in [0.25, 0.3) is 10.9 Å². The Morgan fingerprint density at radius 1 is 1.05 bits per heavy atom. The van der Waals surface area contributed by atoms with E-state index in [-0.39, 0.29) is 11.8 Å². The molecule has 3 aromatic rings. The normalized spacial score (nSPS) is 12.5. The minimum absolute atomic E-state index is 0.136. The van der Waals surface area contributed by atoms with Gasteiger partial charge in [-0.25, -0.2) is 0 Å². The summed E-state index contributed by atoms with van der Waals surface area (Å²) in [6.07, 6.45) is 0.526. The molecule has 0 bridgehead atoms. The Kier molecular flexibility index (Phi) is 3.61. The fraction of sp³-hybridized carbons (Fsp3) is 0.211. The molecule has 0 radical (unpaired) electrons. The summed E-state index contributed by atoms with van der Waals surface area (Å²) in [5.74, 6) is 0.189. The second-order valence-corrected chi connectivity index (χ2v) is 5.32. The third kappa shape index (κ3) is 2.38. The first-order valence-electron chi connectivity index (χ1n) is 7.40. The fourth-order valence-electron chi connectivity index (χ4n) is 2.87. The van der Waals surface area contributed by atoms with Gasteiger partial charge in [0.25, 0.3) is 0 Å². The topological polar surface area (TPSA) is 22.0 Å². The summed E-state index contributed by atoms with van der Waals surface area (Å²) in [5, 5.41) is 1.12. The molecule has 1 heterocycles. The third-order valence-corrected chi connectivity index (χ3v) is 4.02. The van der Waals surface area contributed by atoms with Gasteiger partial charge in [-0.2, -0.15) is 0 Å². The van der Waals surface area contributed by atoms with Crippen molar-refractivity contribution in [3.8, 4) is 0 Å². The standard InChI is InChI=1S/C19H19NO/c1-3-19(21)18-13-16-11-7-8-12-17(16)20(18)14(2)15-9-5-4-6-10-15/h4-14H,3H2,1-2H3. The average molecular weight is 277 g/mol. The van der Waals surface area contributed by atoms with E-state index in [0.29, 0.717) is 6.42 Å². The smallest absolute Gasteiger partial charge is 0.178 e. The number of ketones is 1. The predicted molar refractivity (Wildman–Crippen MR) is 86.8 cm³/mol. The third-order valence-electron chi connectivity index (χ3n) is 4.02. The zero-order valence-electron chi connectivity index (χ0n) is 12.4. The molecule has 21 heavy (non-hydrogen) atoms. The van der Waals surface area contributed by atoms with E-state index in [0.717, 1.165) is 16.6 Å². The molecular weight excluding hydrogens is 258 g/mol. The van der Waals surface area contributed by atoms with Crippen molar-refractivity contribution < 1.29 is 4.79 Å². The minimum atomic E-state index is 0.136. The van der Waals surface area contributed by atoms with Crippen molar-refractivity contribution >= 4 is 16.7 Å². The van der Waals surface area contributed by atoms with E-state index in [2.05, 4.69) is 35.8 Å². The molecule has 1 atom stereocenters. The molecule has 2 nitrogen and oxygen atoms in total. The SMILES string of the molecule is CCC(=O)c1cc2ccccc2n1C(C)c1ccccc1. The van der Waals surface area contributed by atoms with Crippen LogP contribution in [0.2, 0.25) is 0 Å². The highest BCUT2D eigenvalue weighted by molar-refractivity contribution is 6.00. The summed E-state index contributed by atoms with van der Waals surface area (Å²) >= 11 is 0. The van der Waals surface area contributed by atoms with E-state index in [9.17, 15) is 4.79 Å². The summed E-state index contributed by atoms with van der Waals surface area (Å²) in [6.45, 7) is 4.06. The first-order valence-corrected chi connectivity index (χ1v) is 7.40. The van der Waals surface area contributed by atoms with Gasteiger partial charge in [-0.05, 0) is 24.6 Å². The second-order valence-electron chi connectivity index (χ2n) is 5.32. The summed E-state index contributed by atoms with van der Waals surface area (Å²) in [4.78, 5) is 12.3. The number of hydrogen-bond acceptors (Lipinski definition) is 1. The van der Waals surface area contributed by atoms with Gasteiger partial charge in [0.05, 0.1) is 11.7 Å². The van der Waals surface area contributed by atoms with Crippen LogP contribution in [0.5, 0.6) is 0 Å². The molecule has 2 heteroatoms. The van der Waals surface area contributed by atoms with Crippen LogP contribution in [0.15, 0.2) is 60.7 Å². The number of benzene rings is 2. The zero-order valence-corrected chi connectivity index (χ0v) is 12.4. The number of carbonyl (C=O) groups is 1. The summed E-state index contributed by atoms with van der Waals surface area (Å²) in [6, 6.07) is 20.7. The maximum Gasteiger partial charge on any atom is 0.178 e. The number of para-hydroxylation sites is 1. The summed E-state index contributed by atoms with van der Waals surface area (Å²) in [7, 11) is 0. The van der Waals surface area contributed by atoms with Gasteiger partial charge in [0.2, 0.25) is 0 Å². The molecule has 0 saturated carbocycles. The highest BCUT2D eigenvalue weighted by atomic mass is 16.1. The van der Waals surface area contributed by atoms with Crippen LogP contribution >= 0.6 is 0 Å². The Balaban J connectivity index is 2.22. The number of rotatable bonds is 4. The quantitative estimate of drug-likeness (QED) is 0.625. The number of fused-ring (bicyclic) bond motifs is 1. The highest BCUT2D eigenvalue weighted by Gasteiger charge is 2.18. The highest BCUT2D eigenvalue weighted by Crippen LogP contribution is 2.28. The van der Waals surface area contributed by atoms with E-state index in [1.807, 2.05) is 43.3 Å². The van der Waals surface area contributed by atoms with E-state index >= 15 is 0 Å². The van der Waals surface area contributed by atoms with Crippen LogP contribution in [0.1, 0.15) is 42.4 Å². The monoisotopic (exact) mass is 277 g/mol. The molecule has 1 unspecified atom stereocenters. The predicted octanol–water partition coefficient (Wildman–Crippen LogP) is 4.84. The molecule has 0 aliphatic carbocycles. The van der Waals surface area contributed by atoms with Crippen LogP contribution in [-0.2, 0) is 0 Å². The molecule has 0 saturated heterocycles. The Bertz CT molecular complexity index is 771. The van der Waals surface area contributed by atoms with Crippen LogP contribution in [0, 0.1) is 0 Å². The van der Waals surface area contributed by atoms with E-state index in [4.69, 9.17) is 0 Å². The first-order chi connectivity index (χ1) is 10.2. The van der Waals surface area contributed by atoms with Crippen LogP contribution in [0.3, 0.4) is 0 Å². The Hall–Kier alpha value is -2.35. The van der Waals surface area contributed by atoms with Gasteiger partial charge < -0.3 is 4.57 Å². The fourth-order valence-corrected chi connectivity index (χ4v) is 2.87. The maximum absolute atomic E-state index is 12.3. The molecular formula is C19H19NO. The molecule has 0 fully saturated rings. The number of aromatic nitrogens is 1. The maximum atomic E-state index is 12.3. The van der Waals surface area contributed by atoms with Crippen LogP contribution < -0.4 is 0 Å². The van der Waals surface area contributed by atoms with Crippen molar-refractivity contribution in [2.24, 2.45) is 0 Å². The lowest BCUT2D eigenvalue weighted by Crippen LogP contribution is -2.13. The molecule has 2 aromatic carbocycles. The van der Waals surface area contributed by atoms with Gasteiger partial charge >= 0.3 is 0 Å². The van der Waals surface area contributed by atoms with Gasteiger partial charge in [0.1, 0.15) is 0 Å². The number of nitrogens with zero attached hydrogens (tertiary/aromatic N) is 1. The van der Waals surface area contributed by atoms with Crippen LogP contribution in [0.4, 0.5) is 0 Å². The Labute approximate surface area is 125 Å². The molecule has 0 spiro atoms. The van der Waals surface area contributed by atoms with E-state index < -0.39 is 0 Å². The zero-order chi connectivity index (χ0) is 14.8. The van der Waals surface area contributed by atoms with Gasteiger partial charge in [0.15, 0.2) is 5.78 Å². The molecule has 106 valence electrons. The Morgan fingerprint density at radius 2 is 1.71 bits per heavy atom. The van der Waals surface area contributed by atoms with Crippen molar-refractivity contribution in [1.82, 2.24) is 4.57 Å². The largest absolute Gasteiger partial charge is 0.331 e. The molecule has 0 aliphatic rings. The van der Waals surface area contributed by atoms with Gasteiger partial charge in [-0.3, -0.25) is 4.79 Å². The molecule has 3 rings (SSSR count).